The fourth-order valence-corrected chi connectivity index (χ4v) is 3.13. The van der Waals surface area contributed by atoms with Gasteiger partial charge in [0.15, 0.2) is 0 Å². The maximum Gasteiger partial charge on any atom is 0.144 e. The summed E-state index contributed by atoms with van der Waals surface area (Å²) < 4.78 is 28.0. The minimum atomic E-state index is -0.476. The highest BCUT2D eigenvalue weighted by Crippen LogP contribution is 2.23. The van der Waals surface area contributed by atoms with Crippen molar-refractivity contribution in [3.05, 3.63) is 33.8 Å². The van der Waals surface area contributed by atoms with Crippen LogP contribution in [0, 0.1) is 11.6 Å². The average molecular weight is 346 g/mol. The van der Waals surface area contributed by atoms with Crippen LogP contribution >= 0.6 is 15.9 Å². The number of benzene rings is 1. The fourth-order valence-electron chi connectivity index (χ4n) is 2.76. The summed E-state index contributed by atoms with van der Waals surface area (Å²) >= 11 is 3.12. The minimum Gasteiger partial charge on any atom is -0.314 e. The number of halogens is 3. The monoisotopic (exact) mass is 345 g/mol. The summed E-state index contributed by atoms with van der Waals surface area (Å²) in [6.45, 7) is 6.15. The summed E-state index contributed by atoms with van der Waals surface area (Å²) in [6.07, 6.45) is 0. The maximum atomic E-state index is 14.0. The SMILES string of the molecule is Fc1ccc(Br)c(F)c1CN1CCN(C2CNC2)CC1. The van der Waals surface area contributed by atoms with E-state index in [1.165, 1.54) is 12.1 Å². The molecule has 1 aromatic carbocycles. The molecule has 2 fully saturated rings. The van der Waals surface area contributed by atoms with E-state index >= 15 is 0 Å². The Hall–Kier alpha value is -0.560. The van der Waals surface area contributed by atoms with E-state index in [0.717, 1.165) is 39.3 Å². The van der Waals surface area contributed by atoms with Crippen molar-refractivity contribution in [2.45, 2.75) is 12.6 Å². The van der Waals surface area contributed by atoms with Gasteiger partial charge in [-0.05, 0) is 28.1 Å². The van der Waals surface area contributed by atoms with Gasteiger partial charge < -0.3 is 5.32 Å². The summed E-state index contributed by atoms with van der Waals surface area (Å²) in [5.74, 6) is -0.938. The summed E-state index contributed by atoms with van der Waals surface area (Å²) in [5, 5.41) is 3.27. The molecule has 6 heteroatoms. The predicted molar refractivity (Wildman–Crippen MR) is 77.6 cm³/mol. The first-order valence-corrected chi connectivity index (χ1v) is 7.74. The van der Waals surface area contributed by atoms with Crippen molar-refractivity contribution in [2.24, 2.45) is 0 Å². The highest BCUT2D eigenvalue weighted by molar-refractivity contribution is 9.10. The molecule has 1 aromatic rings. The van der Waals surface area contributed by atoms with Crippen LogP contribution in [0.4, 0.5) is 8.78 Å². The zero-order valence-corrected chi connectivity index (χ0v) is 12.8. The van der Waals surface area contributed by atoms with Gasteiger partial charge in [0, 0.05) is 57.4 Å². The second kappa shape index (κ2) is 6.05. The molecule has 0 radical (unpaired) electrons. The van der Waals surface area contributed by atoms with Gasteiger partial charge in [-0.1, -0.05) is 0 Å². The van der Waals surface area contributed by atoms with Gasteiger partial charge in [-0.2, -0.15) is 0 Å². The number of rotatable bonds is 3. The lowest BCUT2D eigenvalue weighted by molar-refractivity contribution is 0.0685. The Balaban J connectivity index is 1.61. The summed E-state index contributed by atoms with van der Waals surface area (Å²) in [7, 11) is 0. The minimum absolute atomic E-state index is 0.165. The molecule has 0 amide bonds. The van der Waals surface area contributed by atoms with Crippen LogP contribution in [0.3, 0.4) is 0 Å². The topological polar surface area (TPSA) is 18.5 Å². The maximum absolute atomic E-state index is 14.0. The van der Waals surface area contributed by atoms with Crippen molar-refractivity contribution in [3.8, 4) is 0 Å². The van der Waals surface area contributed by atoms with Gasteiger partial charge in [0.2, 0.25) is 0 Å². The zero-order chi connectivity index (χ0) is 14.1. The Morgan fingerprint density at radius 3 is 2.45 bits per heavy atom. The van der Waals surface area contributed by atoms with E-state index in [1.54, 1.807) is 0 Å². The highest BCUT2D eigenvalue weighted by atomic mass is 79.9. The van der Waals surface area contributed by atoms with Crippen LogP contribution in [-0.4, -0.2) is 55.1 Å². The lowest BCUT2D eigenvalue weighted by Crippen LogP contribution is -2.61. The third kappa shape index (κ3) is 2.88. The van der Waals surface area contributed by atoms with Crippen molar-refractivity contribution in [1.82, 2.24) is 15.1 Å². The molecule has 20 heavy (non-hydrogen) atoms. The third-order valence-electron chi connectivity index (χ3n) is 4.20. The van der Waals surface area contributed by atoms with Crippen LogP contribution in [-0.2, 0) is 6.54 Å². The molecule has 1 N–H and O–H groups in total. The molecule has 110 valence electrons. The summed E-state index contributed by atoms with van der Waals surface area (Å²) in [5.41, 5.74) is 0.165. The Morgan fingerprint density at radius 2 is 1.85 bits per heavy atom. The van der Waals surface area contributed by atoms with Gasteiger partial charge in [0.1, 0.15) is 11.6 Å². The molecule has 0 aromatic heterocycles. The number of hydrogen-bond acceptors (Lipinski definition) is 3. The first-order valence-electron chi connectivity index (χ1n) is 6.94. The predicted octanol–water partition coefficient (Wildman–Crippen LogP) is 1.82. The smallest absolute Gasteiger partial charge is 0.144 e. The van der Waals surface area contributed by atoms with E-state index in [9.17, 15) is 8.78 Å². The van der Waals surface area contributed by atoms with Crippen LogP contribution < -0.4 is 5.32 Å². The highest BCUT2D eigenvalue weighted by Gasteiger charge is 2.28. The van der Waals surface area contributed by atoms with Gasteiger partial charge in [0.25, 0.3) is 0 Å². The molecule has 2 heterocycles. The Kier molecular flexibility index (Phi) is 4.35. The number of piperazine rings is 1. The van der Waals surface area contributed by atoms with E-state index in [4.69, 9.17) is 0 Å². The number of nitrogens with one attached hydrogen (secondary N) is 1. The van der Waals surface area contributed by atoms with Crippen molar-refractivity contribution in [2.75, 3.05) is 39.3 Å². The molecule has 0 saturated carbocycles. The largest absolute Gasteiger partial charge is 0.314 e. The molecule has 3 nitrogen and oxygen atoms in total. The van der Waals surface area contributed by atoms with Crippen LogP contribution in [0.15, 0.2) is 16.6 Å². The zero-order valence-electron chi connectivity index (χ0n) is 11.2. The average Bonchev–Trinajstić information content (AvgIpc) is 2.39. The van der Waals surface area contributed by atoms with Crippen LogP contribution in [0.2, 0.25) is 0 Å². The molecule has 0 atom stereocenters. The van der Waals surface area contributed by atoms with E-state index in [2.05, 4.69) is 31.0 Å². The summed E-state index contributed by atoms with van der Waals surface area (Å²) in [4.78, 5) is 4.58. The quantitative estimate of drug-likeness (QED) is 0.843. The molecular formula is C14H18BrF2N3. The normalized spacial score (nSPS) is 21.9. The first kappa shape index (κ1) is 14.4. The lowest BCUT2D eigenvalue weighted by atomic mass is 10.1. The second-order valence-electron chi connectivity index (χ2n) is 5.45. The Morgan fingerprint density at radius 1 is 1.15 bits per heavy atom. The lowest BCUT2D eigenvalue weighted by Gasteiger charge is -2.43. The van der Waals surface area contributed by atoms with Gasteiger partial charge in [-0.15, -0.1) is 0 Å². The molecule has 2 aliphatic heterocycles. The van der Waals surface area contributed by atoms with Crippen molar-refractivity contribution >= 4 is 15.9 Å². The van der Waals surface area contributed by atoms with E-state index < -0.39 is 11.6 Å². The molecule has 0 aliphatic carbocycles. The third-order valence-corrected chi connectivity index (χ3v) is 4.82. The molecule has 0 bridgehead atoms. The Labute approximate surface area is 126 Å². The molecule has 2 aliphatic rings. The van der Waals surface area contributed by atoms with Crippen LogP contribution in [0.5, 0.6) is 0 Å². The molecule has 3 rings (SSSR count). The fraction of sp³-hybridized carbons (Fsp3) is 0.571. The molecular weight excluding hydrogens is 328 g/mol. The first-order chi connectivity index (χ1) is 9.65. The van der Waals surface area contributed by atoms with E-state index in [-0.39, 0.29) is 5.56 Å². The summed E-state index contributed by atoms with van der Waals surface area (Å²) in [6, 6.07) is 3.38. The Bertz CT molecular complexity index is 486. The van der Waals surface area contributed by atoms with Crippen molar-refractivity contribution in [1.29, 1.82) is 0 Å². The number of hydrogen-bond donors (Lipinski definition) is 1. The van der Waals surface area contributed by atoms with Crippen molar-refractivity contribution < 1.29 is 8.78 Å². The van der Waals surface area contributed by atoms with Gasteiger partial charge in [0.05, 0.1) is 4.47 Å². The number of nitrogens with zero attached hydrogens (tertiary/aromatic N) is 2. The van der Waals surface area contributed by atoms with Gasteiger partial charge >= 0.3 is 0 Å². The van der Waals surface area contributed by atoms with Crippen LogP contribution in [0.25, 0.3) is 0 Å². The van der Waals surface area contributed by atoms with Crippen molar-refractivity contribution in [3.63, 3.8) is 0 Å². The van der Waals surface area contributed by atoms with Crippen LogP contribution in [0.1, 0.15) is 5.56 Å². The van der Waals surface area contributed by atoms with E-state index in [1.807, 2.05) is 0 Å². The van der Waals surface area contributed by atoms with E-state index in [0.29, 0.717) is 17.1 Å². The second-order valence-corrected chi connectivity index (χ2v) is 6.30. The van der Waals surface area contributed by atoms with Gasteiger partial charge in [-0.3, -0.25) is 9.80 Å². The molecule has 0 spiro atoms. The standard InChI is InChI=1S/C14H18BrF2N3/c15-12-1-2-13(16)11(14(12)17)9-19-3-5-20(6-4-19)10-7-18-8-10/h1-2,10,18H,3-9H2. The molecule has 2 saturated heterocycles. The van der Waals surface area contributed by atoms with Gasteiger partial charge in [-0.25, -0.2) is 8.78 Å². The molecule has 0 unspecified atom stereocenters.